The van der Waals surface area contributed by atoms with Gasteiger partial charge in [-0.25, -0.2) is 14.2 Å². The second-order valence-corrected chi connectivity index (χ2v) is 12.0. The summed E-state index contributed by atoms with van der Waals surface area (Å²) in [5, 5.41) is 6.40. The third-order valence-corrected chi connectivity index (χ3v) is 9.35. The molecule has 0 bridgehead atoms. The van der Waals surface area contributed by atoms with E-state index < -0.39 is 7.82 Å². The van der Waals surface area contributed by atoms with Gasteiger partial charge in [-0.15, -0.1) is 0 Å². The maximum absolute atomic E-state index is 12.7. The maximum Gasteiger partial charge on any atom is 0.474 e. The highest BCUT2D eigenvalue weighted by Crippen LogP contribution is 2.48. The van der Waals surface area contributed by atoms with Gasteiger partial charge in [-0.3, -0.25) is 18.1 Å². The van der Waals surface area contributed by atoms with Crippen molar-refractivity contribution in [3.63, 3.8) is 0 Å². The topological polar surface area (TPSA) is 121 Å². The molecular formula is C23H34N3O7PS. The van der Waals surface area contributed by atoms with Crippen LogP contribution in [-0.2, 0) is 24.7 Å². The smallest absolute Gasteiger partial charge is 0.408 e. The summed E-state index contributed by atoms with van der Waals surface area (Å²) in [6, 6.07) is 6.04. The van der Waals surface area contributed by atoms with E-state index in [-0.39, 0.29) is 30.5 Å². The fraction of sp³-hybridized carbons (Fsp3) is 0.652. The fourth-order valence-electron chi connectivity index (χ4n) is 4.52. The normalized spacial score (nSPS) is 23.3. The van der Waals surface area contributed by atoms with Crippen LogP contribution < -0.4 is 16.4 Å². The Morgan fingerprint density at radius 2 is 1.89 bits per heavy atom. The van der Waals surface area contributed by atoms with Crippen molar-refractivity contribution in [3.05, 3.63) is 34.3 Å². The molecule has 4 rings (SSSR count). The number of carbonyl (C=O) groups excluding carboxylic acids is 1. The summed E-state index contributed by atoms with van der Waals surface area (Å²) in [4.78, 5) is 23.6. The quantitative estimate of drug-likeness (QED) is 0.213. The molecule has 4 atom stereocenters. The van der Waals surface area contributed by atoms with E-state index in [0.717, 1.165) is 42.5 Å². The third-order valence-electron chi connectivity index (χ3n) is 6.39. The van der Waals surface area contributed by atoms with Crippen LogP contribution in [-0.4, -0.2) is 54.0 Å². The zero-order valence-electron chi connectivity index (χ0n) is 20.2. The molecule has 2 N–H and O–H groups in total. The zero-order valence-corrected chi connectivity index (χ0v) is 21.9. The Balaban J connectivity index is 1.10. The number of urea groups is 1. The number of aryl methyl sites for hydroxylation is 2. The van der Waals surface area contributed by atoms with E-state index in [0.29, 0.717) is 36.8 Å². The first-order valence-electron chi connectivity index (χ1n) is 12.1. The van der Waals surface area contributed by atoms with Crippen LogP contribution in [0.4, 0.5) is 4.79 Å². The van der Waals surface area contributed by atoms with Gasteiger partial charge in [0.2, 0.25) is 0 Å². The first-order chi connectivity index (χ1) is 16.9. The number of unbranched alkanes of at least 4 members (excludes halogenated alkanes) is 3. The van der Waals surface area contributed by atoms with Gasteiger partial charge in [0, 0.05) is 24.7 Å². The van der Waals surface area contributed by atoms with E-state index in [2.05, 4.69) is 10.6 Å². The molecule has 1 aromatic carbocycles. The van der Waals surface area contributed by atoms with Gasteiger partial charge in [0.15, 0.2) is 5.58 Å². The van der Waals surface area contributed by atoms with Gasteiger partial charge in [-0.1, -0.05) is 18.9 Å². The second kappa shape index (κ2) is 12.0. The van der Waals surface area contributed by atoms with Crippen molar-refractivity contribution in [1.29, 1.82) is 0 Å². The van der Waals surface area contributed by atoms with Gasteiger partial charge >= 0.3 is 19.6 Å². The number of thioether (sulfide) groups is 1. The Bertz CT molecular complexity index is 1120. The summed E-state index contributed by atoms with van der Waals surface area (Å²) in [5.74, 6) is 0.578. The van der Waals surface area contributed by atoms with E-state index in [1.807, 2.05) is 30.8 Å². The van der Waals surface area contributed by atoms with Crippen molar-refractivity contribution < 1.29 is 27.3 Å². The molecule has 12 heteroatoms. The molecule has 3 heterocycles. The molecule has 2 saturated heterocycles. The molecular weight excluding hydrogens is 493 g/mol. The number of amides is 2. The van der Waals surface area contributed by atoms with Crippen molar-refractivity contribution in [2.75, 3.05) is 26.1 Å². The standard InChI is InChI=1S/C23H34N3O7PS/c1-16-9-10-19-18(14-16)26(23(28)33-19)11-5-7-13-32-34(29,30-2)31-12-6-3-4-8-20-21-17(15-35-20)24-22(27)25-21/h9-10,14,17,20-21H,3-8,11-13,15H2,1-2H3,(H2,24,25,27)/t17-,20-,21-,34?/m0/s1. The van der Waals surface area contributed by atoms with Crippen molar-refractivity contribution >= 4 is 36.7 Å². The van der Waals surface area contributed by atoms with Crippen molar-refractivity contribution in [3.8, 4) is 0 Å². The molecule has 0 spiro atoms. The molecule has 2 fully saturated rings. The number of nitrogens with one attached hydrogen (secondary N) is 2. The molecule has 194 valence electrons. The number of hydrogen-bond acceptors (Lipinski definition) is 8. The molecule has 0 aliphatic carbocycles. The third kappa shape index (κ3) is 6.71. The van der Waals surface area contributed by atoms with Gasteiger partial charge in [0.1, 0.15) is 0 Å². The Labute approximate surface area is 209 Å². The zero-order chi connectivity index (χ0) is 24.8. The summed E-state index contributed by atoms with van der Waals surface area (Å²) in [5.41, 5.74) is 2.40. The number of oxazole rings is 1. The number of hydrogen-bond donors (Lipinski definition) is 2. The highest BCUT2D eigenvalue weighted by atomic mass is 32.2. The van der Waals surface area contributed by atoms with Gasteiger partial charge in [-0.2, -0.15) is 11.8 Å². The van der Waals surface area contributed by atoms with Crippen molar-refractivity contribution in [2.24, 2.45) is 0 Å². The summed E-state index contributed by atoms with van der Waals surface area (Å²) >= 11 is 1.90. The number of phosphoric acid groups is 1. The van der Waals surface area contributed by atoms with E-state index >= 15 is 0 Å². The first kappa shape index (κ1) is 26.3. The lowest BCUT2D eigenvalue weighted by molar-refractivity contribution is 0.127. The van der Waals surface area contributed by atoms with Crippen LogP contribution in [0, 0.1) is 6.92 Å². The van der Waals surface area contributed by atoms with Crippen molar-refractivity contribution in [2.45, 2.75) is 69.3 Å². The summed E-state index contributed by atoms with van der Waals surface area (Å²) in [6.07, 6.45) is 4.98. The number of carbonyl (C=O) groups is 1. The van der Waals surface area contributed by atoms with Crippen LogP contribution in [0.5, 0.6) is 0 Å². The molecule has 35 heavy (non-hydrogen) atoms. The Hall–Kier alpha value is -1.78. The molecule has 2 amide bonds. The van der Waals surface area contributed by atoms with Crippen LogP contribution in [0.25, 0.3) is 11.1 Å². The number of fused-ring (bicyclic) bond motifs is 2. The predicted octanol–water partition coefficient (Wildman–Crippen LogP) is 4.20. The molecule has 2 aliphatic heterocycles. The first-order valence-corrected chi connectivity index (χ1v) is 14.6. The lowest BCUT2D eigenvalue weighted by Gasteiger charge is -2.17. The summed E-state index contributed by atoms with van der Waals surface area (Å²) in [7, 11) is -2.28. The highest BCUT2D eigenvalue weighted by molar-refractivity contribution is 8.00. The van der Waals surface area contributed by atoms with Gasteiger partial charge in [0.25, 0.3) is 0 Å². The predicted molar refractivity (Wildman–Crippen MR) is 135 cm³/mol. The van der Waals surface area contributed by atoms with Crippen LogP contribution in [0.1, 0.15) is 44.1 Å². The number of rotatable bonds is 14. The lowest BCUT2D eigenvalue weighted by atomic mass is 10.0. The van der Waals surface area contributed by atoms with Gasteiger partial charge in [-0.05, 0) is 50.3 Å². The molecule has 0 radical (unpaired) electrons. The Morgan fingerprint density at radius 3 is 2.66 bits per heavy atom. The average molecular weight is 528 g/mol. The van der Waals surface area contributed by atoms with E-state index in [9.17, 15) is 14.2 Å². The molecule has 1 unspecified atom stereocenters. The summed E-state index contributed by atoms with van der Waals surface area (Å²) in [6.45, 7) is 2.95. The fourth-order valence-corrected chi connectivity index (χ4v) is 7.05. The highest BCUT2D eigenvalue weighted by Gasteiger charge is 2.42. The van der Waals surface area contributed by atoms with E-state index in [1.165, 1.54) is 7.11 Å². The number of phosphoric ester groups is 1. The molecule has 2 aliphatic rings. The minimum absolute atomic E-state index is 0.0621. The van der Waals surface area contributed by atoms with Crippen LogP contribution >= 0.6 is 19.6 Å². The molecule has 0 saturated carbocycles. The minimum Gasteiger partial charge on any atom is -0.408 e. The summed E-state index contributed by atoms with van der Waals surface area (Å²) < 4.78 is 35.4. The molecule has 10 nitrogen and oxygen atoms in total. The maximum atomic E-state index is 12.7. The Morgan fingerprint density at radius 1 is 1.11 bits per heavy atom. The average Bonchev–Trinajstić information content (AvgIpc) is 3.48. The van der Waals surface area contributed by atoms with E-state index in [1.54, 1.807) is 10.6 Å². The SMILES string of the molecule is COP(=O)(OCCCCC[C@@H]1SC[C@@H]2NC(=O)N[C@@H]21)OCCCCn1c(=O)oc2ccc(C)cc21. The van der Waals surface area contributed by atoms with Gasteiger partial charge in [0.05, 0.1) is 30.8 Å². The monoisotopic (exact) mass is 527 g/mol. The van der Waals surface area contributed by atoms with E-state index in [4.69, 9.17) is 18.0 Å². The van der Waals surface area contributed by atoms with Crippen LogP contribution in [0.15, 0.2) is 27.4 Å². The van der Waals surface area contributed by atoms with Crippen LogP contribution in [0.2, 0.25) is 0 Å². The number of aromatic nitrogens is 1. The van der Waals surface area contributed by atoms with Crippen molar-refractivity contribution in [1.82, 2.24) is 15.2 Å². The molecule has 2 aromatic rings. The molecule has 1 aromatic heterocycles. The number of nitrogens with zero attached hydrogens (tertiary/aromatic N) is 1. The largest absolute Gasteiger partial charge is 0.474 e. The van der Waals surface area contributed by atoms with Gasteiger partial charge < -0.3 is 15.1 Å². The lowest BCUT2D eigenvalue weighted by Crippen LogP contribution is -2.36. The minimum atomic E-state index is -3.59. The van der Waals surface area contributed by atoms with Crippen LogP contribution in [0.3, 0.4) is 0 Å². The number of benzene rings is 1. The second-order valence-electron chi connectivity index (χ2n) is 8.97. The Kier molecular flexibility index (Phi) is 8.99.